The molecule has 0 amide bonds. The van der Waals surface area contributed by atoms with E-state index in [0.29, 0.717) is 32.5 Å². The topological polar surface area (TPSA) is 60.5 Å². The Bertz CT molecular complexity index is 245. The molecule has 0 spiro atoms. The van der Waals surface area contributed by atoms with Gasteiger partial charge in [-0.05, 0) is 25.7 Å². The molecule has 5 heteroatoms. The number of hydrogen-bond donors (Lipinski definition) is 1. The van der Waals surface area contributed by atoms with Crippen LogP contribution in [0.5, 0.6) is 0 Å². The van der Waals surface area contributed by atoms with Gasteiger partial charge >= 0.3 is 0 Å². The van der Waals surface area contributed by atoms with E-state index in [9.17, 15) is 5.11 Å². The fourth-order valence-electron chi connectivity index (χ4n) is 2.07. The summed E-state index contributed by atoms with van der Waals surface area (Å²) < 4.78 is 21.9. The van der Waals surface area contributed by atoms with Crippen LogP contribution in [-0.4, -0.2) is 63.1 Å². The quantitative estimate of drug-likeness (QED) is 0.350. The van der Waals surface area contributed by atoms with Crippen molar-refractivity contribution < 1.29 is 24.1 Å². The first kappa shape index (κ1) is 19.8. The van der Waals surface area contributed by atoms with E-state index in [1.54, 1.807) is 0 Å². The summed E-state index contributed by atoms with van der Waals surface area (Å²) in [4.78, 5) is 0. The minimum Gasteiger partial charge on any atom is -0.391 e. The molecule has 22 heavy (non-hydrogen) atoms. The van der Waals surface area contributed by atoms with Gasteiger partial charge in [0.25, 0.3) is 0 Å². The molecular formula is C17H34O5. The van der Waals surface area contributed by atoms with Crippen molar-refractivity contribution >= 4 is 0 Å². The Kier molecular flexibility index (Phi) is 12.0. The highest BCUT2D eigenvalue weighted by molar-refractivity contribution is 4.68. The average Bonchev–Trinajstić information content (AvgIpc) is 3.35. The lowest BCUT2D eigenvalue weighted by atomic mass is 10.2. The van der Waals surface area contributed by atoms with Crippen LogP contribution in [0.2, 0.25) is 0 Å². The Hall–Kier alpha value is -0.200. The van der Waals surface area contributed by atoms with E-state index in [1.165, 1.54) is 19.3 Å². The zero-order valence-corrected chi connectivity index (χ0v) is 14.3. The normalized spacial score (nSPS) is 20.0. The summed E-state index contributed by atoms with van der Waals surface area (Å²) >= 11 is 0. The third-order valence-electron chi connectivity index (χ3n) is 3.84. The maximum Gasteiger partial charge on any atom is 0.0810 e. The second kappa shape index (κ2) is 13.3. The van der Waals surface area contributed by atoms with Gasteiger partial charge in [0.15, 0.2) is 0 Å². The fourth-order valence-corrected chi connectivity index (χ4v) is 2.07. The van der Waals surface area contributed by atoms with Crippen LogP contribution in [0.3, 0.4) is 0 Å². The predicted molar refractivity (Wildman–Crippen MR) is 86.2 cm³/mol. The number of unbranched alkanes of at least 4 members (excludes halogenated alkanes) is 2. The monoisotopic (exact) mass is 318 g/mol. The SMILES string of the molecule is CCC(O)COC(CC)COCCOCCCCCC1CO1. The highest BCUT2D eigenvalue weighted by Gasteiger charge is 2.20. The zero-order chi connectivity index (χ0) is 16.0. The molecule has 0 aromatic carbocycles. The molecule has 1 rings (SSSR count). The molecule has 1 aliphatic heterocycles. The van der Waals surface area contributed by atoms with Gasteiger partial charge < -0.3 is 24.1 Å². The Morgan fingerprint density at radius 1 is 1.00 bits per heavy atom. The summed E-state index contributed by atoms with van der Waals surface area (Å²) in [5.74, 6) is 0. The number of aliphatic hydroxyl groups excluding tert-OH is 1. The first-order valence-corrected chi connectivity index (χ1v) is 8.83. The second-order valence-electron chi connectivity index (χ2n) is 5.92. The van der Waals surface area contributed by atoms with E-state index >= 15 is 0 Å². The molecule has 3 unspecified atom stereocenters. The van der Waals surface area contributed by atoms with Gasteiger partial charge in [0.2, 0.25) is 0 Å². The smallest absolute Gasteiger partial charge is 0.0810 e. The largest absolute Gasteiger partial charge is 0.391 e. The highest BCUT2D eigenvalue weighted by atomic mass is 16.6. The number of rotatable bonds is 16. The molecule has 132 valence electrons. The lowest BCUT2D eigenvalue weighted by Gasteiger charge is -2.18. The van der Waals surface area contributed by atoms with Gasteiger partial charge in [-0.3, -0.25) is 0 Å². The zero-order valence-electron chi connectivity index (χ0n) is 14.3. The van der Waals surface area contributed by atoms with Gasteiger partial charge in [-0.15, -0.1) is 0 Å². The molecule has 0 aromatic heterocycles. The van der Waals surface area contributed by atoms with Gasteiger partial charge in [-0.1, -0.05) is 26.7 Å². The summed E-state index contributed by atoms with van der Waals surface area (Å²) in [6.45, 7) is 7.99. The molecule has 5 nitrogen and oxygen atoms in total. The van der Waals surface area contributed by atoms with Crippen LogP contribution in [-0.2, 0) is 18.9 Å². The lowest BCUT2D eigenvalue weighted by molar-refractivity contribution is -0.0578. The molecule has 1 saturated heterocycles. The molecule has 1 fully saturated rings. The molecule has 1 N–H and O–H groups in total. The van der Waals surface area contributed by atoms with Crippen LogP contribution in [0, 0.1) is 0 Å². The van der Waals surface area contributed by atoms with Gasteiger partial charge in [-0.25, -0.2) is 0 Å². The van der Waals surface area contributed by atoms with Crippen molar-refractivity contribution in [1.82, 2.24) is 0 Å². The van der Waals surface area contributed by atoms with E-state index in [2.05, 4.69) is 6.92 Å². The predicted octanol–water partition coefficient (Wildman–Crippen LogP) is 2.54. The number of ether oxygens (including phenoxy) is 4. The van der Waals surface area contributed by atoms with E-state index < -0.39 is 0 Å². The molecule has 0 aliphatic carbocycles. The molecule has 0 bridgehead atoms. The molecule has 1 aliphatic rings. The van der Waals surface area contributed by atoms with Crippen molar-refractivity contribution in [2.24, 2.45) is 0 Å². The van der Waals surface area contributed by atoms with Gasteiger partial charge in [0.1, 0.15) is 0 Å². The van der Waals surface area contributed by atoms with Crippen LogP contribution in [0.4, 0.5) is 0 Å². The van der Waals surface area contributed by atoms with Crippen molar-refractivity contribution in [3.63, 3.8) is 0 Å². The Labute approximate surface area is 135 Å². The Morgan fingerprint density at radius 3 is 2.45 bits per heavy atom. The van der Waals surface area contributed by atoms with Gasteiger partial charge in [0.05, 0.1) is 51.3 Å². The first-order chi connectivity index (χ1) is 10.8. The number of aliphatic hydroxyl groups is 1. The molecule has 0 aromatic rings. The standard InChI is InChI=1S/C17H34O5/c1-3-15(18)12-21-16(4-2)13-20-11-10-19-9-7-5-6-8-17-14-22-17/h15-18H,3-14H2,1-2H3. The van der Waals surface area contributed by atoms with Crippen LogP contribution >= 0.6 is 0 Å². The minimum absolute atomic E-state index is 0.0610. The fraction of sp³-hybridized carbons (Fsp3) is 1.00. The van der Waals surface area contributed by atoms with E-state index in [1.807, 2.05) is 6.92 Å². The van der Waals surface area contributed by atoms with Crippen molar-refractivity contribution in [3.05, 3.63) is 0 Å². The maximum atomic E-state index is 9.47. The van der Waals surface area contributed by atoms with Crippen LogP contribution in [0.1, 0.15) is 52.4 Å². The molecule has 0 radical (unpaired) electrons. The summed E-state index contributed by atoms with van der Waals surface area (Å²) in [5.41, 5.74) is 0. The summed E-state index contributed by atoms with van der Waals surface area (Å²) in [6.07, 6.45) is 6.63. The van der Waals surface area contributed by atoms with Crippen LogP contribution in [0.15, 0.2) is 0 Å². The van der Waals surface area contributed by atoms with Crippen molar-refractivity contribution in [1.29, 1.82) is 0 Å². The third-order valence-corrected chi connectivity index (χ3v) is 3.84. The number of epoxide rings is 1. The Balaban J connectivity index is 1.80. The van der Waals surface area contributed by atoms with E-state index in [-0.39, 0.29) is 12.2 Å². The molecule has 1 heterocycles. The second-order valence-corrected chi connectivity index (χ2v) is 5.92. The number of hydrogen-bond acceptors (Lipinski definition) is 5. The van der Waals surface area contributed by atoms with Crippen molar-refractivity contribution in [3.8, 4) is 0 Å². The molecule has 3 atom stereocenters. The summed E-state index contributed by atoms with van der Waals surface area (Å²) in [5, 5.41) is 9.47. The summed E-state index contributed by atoms with van der Waals surface area (Å²) in [6, 6.07) is 0. The first-order valence-electron chi connectivity index (χ1n) is 8.83. The van der Waals surface area contributed by atoms with Crippen molar-refractivity contribution in [2.45, 2.75) is 70.7 Å². The van der Waals surface area contributed by atoms with Crippen molar-refractivity contribution in [2.75, 3.05) is 39.6 Å². The minimum atomic E-state index is -0.371. The molecule has 0 saturated carbocycles. The van der Waals surface area contributed by atoms with Gasteiger partial charge in [0, 0.05) is 6.61 Å². The average molecular weight is 318 g/mol. The third kappa shape index (κ3) is 11.4. The van der Waals surface area contributed by atoms with E-state index in [0.717, 1.165) is 32.5 Å². The van der Waals surface area contributed by atoms with Gasteiger partial charge in [-0.2, -0.15) is 0 Å². The molecular weight excluding hydrogens is 284 g/mol. The Morgan fingerprint density at radius 2 is 1.77 bits per heavy atom. The maximum absolute atomic E-state index is 9.47. The van der Waals surface area contributed by atoms with E-state index in [4.69, 9.17) is 18.9 Å². The summed E-state index contributed by atoms with van der Waals surface area (Å²) in [7, 11) is 0. The van der Waals surface area contributed by atoms with Crippen LogP contribution < -0.4 is 0 Å². The van der Waals surface area contributed by atoms with Crippen LogP contribution in [0.25, 0.3) is 0 Å². The lowest BCUT2D eigenvalue weighted by Crippen LogP contribution is -2.25. The highest BCUT2D eigenvalue weighted by Crippen LogP contribution is 2.16.